The van der Waals surface area contributed by atoms with Crippen molar-refractivity contribution < 1.29 is 28.7 Å². The highest BCUT2D eigenvalue weighted by Gasteiger charge is 2.32. The summed E-state index contributed by atoms with van der Waals surface area (Å²) >= 11 is 0. The molecule has 2 N–H and O–H groups in total. The van der Waals surface area contributed by atoms with Crippen LogP contribution in [0.2, 0.25) is 0 Å². The molecule has 1 aliphatic carbocycles. The summed E-state index contributed by atoms with van der Waals surface area (Å²) in [6, 6.07) is 27.5. The van der Waals surface area contributed by atoms with Crippen LogP contribution in [-0.2, 0) is 14.3 Å². The van der Waals surface area contributed by atoms with Gasteiger partial charge in [0, 0.05) is 28.2 Å². The number of alkyl carbamates (subject to hydrolysis) is 1. The summed E-state index contributed by atoms with van der Waals surface area (Å²) < 4.78 is 10.5. The lowest BCUT2D eigenvalue weighted by atomic mass is 9.98. The molecule has 0 aromatic heterocycles. The monoisotopic (exact) mass is 586 g/mol. The van der Waals surface area contributed by atoms with Crippen molar-refractivity contribution in [2.24, 2.45) is 0 Å². The molecule has 0 heterocycles. The van der Waals surface area contributed by atoms with E-state index in [0.29, 0.717) is 16.7 Å². The van der Waals surface area contributed by atoms with Crippen LogP contribution < -0.4 is 10.6 Å². The fraction of sp³-hybridized carbons (Fsp3) is 0.167. The zero-order valence-corrected chi connectivity index (χ0v) is 24.2. The fourth-order valence-corrected chi connectivity index (χ4v) is 5.14. The SMILES string of the molecule is COC(=O)C(NC(=O)c1ccc(C#Cc2ccc(C=O)cc2)cc1)[C@H](C)NC(=O)OCC1c2ccccc2-c2ccccc21. The van der Waals surface area contributed by atoms with Crippen molar-refractivity contribution in [3.8, 4) is 23.0 Å². The van der Waals surface area contributed by atoms with Gasteiger partial charge in [-0.05, 0) is 65.6 Å². The van der Waals surface area contributed by atoms with Gasteiger partial charge in [-0.25, -0.2) is 9.59 Å². The zero-order valence-electron chi connectivity index (χ0n) is 24.2. The number of carbonyl (C=O) groups excluding carboxylic acids is 4. The number of benzene rings is 4. The van der Waals surface area contributed by atoms with Crippen LogP contribution in [-0.4, -0.2) is 50.1 Å². The number of aldehydes is 1. The van der Waals surface area contributed by atoms with Crippen molar-refractivity contribution in [3.05, 3.63) is 130 Å². The largest absolute Gasteiger partial charge is 0.467 e. The summed E-state index contributed by atoms with van der Waals surface area (Å²) in [5.41, 5.74) is 6.69. The number of ether oxygens (including phenoxy) is 2. The van der Waals surface area contributed by atoms with Crippen LogP contribution in [0.15, 0.2) is 97.1 Å². The van der Waals surface area contributed by atoms with Crippen molar-refractivity contribution in [2.75, 3.05) is 13.7 Å². The molecule has 0 aliphatic heterocycles. The highest BCUT2D eigenvalue weighted by molar-refractivity contribution is 5.97. The molecule has 44 heavy (non-hydrogen) atoms. The van der Waals surface area contributed by atoms with E-state index in [4.69, 9.17) is 9.47 Å². The number of nitrogens with one attached hydrogen (secondary N) is 2. The highest BCUT2D eigenvalue weighted by atomic mass is 16.5. The second-order valence-corrected chi connectivity index (χ2v) is 10.3. The summed E-state index contributed by atoms with van der Waals surface area (Å²) in [5, 5.41) is 5.31. The first kappa shape index (κ1) is 29.8. The third kappa shape index (κ3) is 6.69. The predicted octanol–water partition coefficient (Wildman–Crippen LogP) is 5.10. The molecule has 0 bridgehead atoms. The van der Waals surface area contributed by atoms with E-state index >= 15 is 0 Å². The van der Waals surface area contributed by atoms with Crippen molar-refractivity contribution in [1.82, 2.24) is 10.6 Å². The Labute approximate surface area is 255 Å². The van der Waals surface area contributed by atoms with Gasteiger partial charge in [0.1, 0.15) is 18.9 Å². The maximum atomic E-state index is 13.0. The summed E-state index contributed by atoms with van der Waals surface area (Å²) in [6.07, 6.45) is 0.0514. The van der Waals surface area contributed by atoms with Crippen LogP contribution in [0.5, 0.6) is 0 Å². The molecule has 0 spiro atoms. The van der Waals surface area contributed by atoms with Crippen molar-refractivity contribution in [1.29, 1.82) is 0 Å². The van der Waals surface area contributed by atoms with Crippen LogP contribution in [0.3, 0.4) is 0 Å². The molecule has 2 amide bonds. The third-order valence-electron chi connectivity index (χ3n) is 7.48. The molecule has 0 saturated heterocycles. The minimum Gasteiger partial charge on any atom is -0.467 e. The van der Waals surface area contributed by atoms with Crippen molar-refractivity contribution in [2.45, 2.75) is 24.9 Å². The average molecular weight is 587 g/mol. The van der Waals surface area contributed by atoms with Crippen LogP contribution in [0.4, 0.5) is 4.79 Å². The standard InChI is InChI=1S/C36H30N2O6/c1-23(37-36(42)44-22-32-30-9-5-3-7-28(30)29-8-4-6-10-31(29)32)33(35(41)43-2)38-34(40)27-19-17-25(18-20-27)12-11-24-13-15-26(21-39)16-14-24/h3-10,13-21,23,32-33H,22H2,1-2H3,(H,37,42)(H,38,40)/t23-,33?/m0/s1. The van der Waals surface area contributed by atoms with E-state index in [1.54, 1.807) is 55.5 Å². The van der Waals surface area contributed by atoms with Gasteiger partial charge in [-0.3, -0.25) is 9.59 Å². The Morgan fingerprint density at radius 1 is 0.795 bits per heavy atom. The molecule has 0 radical (unpaired) electrons. The zero-order chi connectivity index (χ0) is 31.1. The minimum atomic E-state index is -1.17. The number of rotatable bonds is 8. The molecule has 220 valence electrons. The molecule has 4 aromatic carbocycles. The van der Waals surface area contributed by atoms with Gasteiger partial charge in [0.2, 0.25) is 0 Å². The molecule has 1 aliphatic rings. The lowest BCUT2D eigenvalue weighted by Gasteiger charge is -2.24. The van der Waals surface area contributed by atoms with Crippen LogP contribution in [0.25, 0.3) is 11.1 Å². The molecule has 5 rings (SSSR count). The van der Waals surface area contributed by atoms with Crippen molar-refractivity contribution in [3.63, 3.8) is 0 Å². The first-order valence-corrected chi connectivity index (χ1v) is 14.1. The third-order valence-corrected chi connectivity index (χ3v) is 7.48. The molecular formula is C36H30N2O6. The van der Waals surface area contributed by atoms with E-state index in [0.717, 1.165) is 34.1 Å². The van der Waals surface area contributed by atoms with Crippen molar-refractivity contribution >= 4 is 24.3 Å². The van der Waals surface area contributed by atoms with Crippen LogP contribution >= 0.6 is 0 Å². The van der Waals surface area contributed by atoms with Gasteiger partial charge >= 0.3 is 12.1 Å². The van der Waals surface area contributed by atoms with E-state index in [-0.39, 0.29) is 12.5 Å². The van der Waals surface area contributed by atoms with Gasteiger partial charge in [0.25, 0.3) is 5.91 Å². The second kappa shape index (κ2) is 13.5. The van der Waals surface area contributed by atoms with E-state index in [9.17, 15) is 19.2 Å². The van der Waals surface area contributed by atoms with Gasteiger partial charge in [0.15, 0.2) is 0 Å². The first-order valence-electron chi connectivity index (χ1n) is 14.1. The second-order valence-electron chi connectivity index (χ2n) is 10.3. The number of fused-ring (bicyclic) bond motifs is 3. The molecule has 2 atom stereocenters. The molecule has 8 heteroatoms. The van der Waals surface area contributed by atoms with Gasteiger partial charge < -0.3 is 20.1 Å². The first-order chi connectivity index (χ1) is 21.4. The number of amides is 2. The Morgan fingerprint density at radius 2 is 1.34 bits per heavy atom. The highest BCUT2D eigenvalue weighted by Crippen LogP contribution is 2.44. The number of hydrogen-bond donors (Lipinski definition) is 2. The van der Waals surface area contributed by atoms with E-state index < -0.39 is 30.1 Å². The van der Waals surface area contributed by atoms with Gasteiger partial charge in [-0.2, -0.15) is 0 Å². The van der Waals surface area contributed by atoms with Gasteiger partial charge in [-0.1, -0.05) is 72.5 Å². The Hall–Kier alpha value is -5.68. The predicted molar refractivity (Wildman–Crippen MR) is 165 cm³/mol. The topological polar surface area (TPSA) is 111 Å². The van der Waals surface area contributed by atoms with Gasteiger partial charge in [0.05, 0.1) is 13.2 Å². The molecular weight excluding hydrogens is 556 g/mol. The smallest absolute Gasteiger partial charge is 0.407 e. The Bertz CT molecular complexity index is 1710. The lowest BCUT2D eigenvalue weighted by molar-refractivity contribution is -0.143. The number of methoxy groups -OCH3 is 1. The molecule has 0 saturated carbocycles. The van der Waals surface area contributed by atoms with Crippen LogP contribution in [0, 0.1) is 11.8 Å². The van der Waals surface area contributed by atoms with Gasteiger partial charge in [-0.15, -0.1) is 0 Å². The maximum absolute atomic E-state index is 13.0. The summed E-state index contributed by atoms with van der Waals surface area (Å²) in [4.78, 5) is 49.2. The molecule has 8 nitrogen and oxygen atoms in total. The Balaban J connectivity index is 1.19. The van der Waals surface area contributed by atoms with E-state index in [1.165, 1.54) is 7.11 Å². The van der Waals surface area contributed by atoms with E-state index in [1.807, 2.05) is 36.4 Å². The molecule has 0 fully saturated rings. The number of hydrogen-bond acceptors (Lipinski definition) is 6. The minimum absolute atomic E-state index is 0.112. The Kier molecular flexibility index (Phi) is 9.16. The maximum Gasteiger partial charge on any atom is 0.407 e. The summed E-state index contributed by atoms with van der Waals surface area (Å²) in [7, 11) is 1.21. The Morgan fingerprint density at radius 3 is 1.89 bits per heavy atom. The summed E-state index contributed by atoms with van der Waals surface area (Å²) in [6.45, 7) is 1.70. The quantitative estimate of drug-likeness (QED) is 0.169. The summed E-state index contributed by atoms with van der Waals surface area (Å²) in [5.74, 6) is 4.66. The molecule has 4 aromatic rings. The number of carbonyl (C=O) groups is 4. The normalized spacial score (nSPS) is 12.8. The molecule has 1 unspecified atom stereocenters. The average Bonchev–Trinajstić information content (AvgIpc) is 3.38. The number of esters is 1. The fourth-order valence-electron chi connectivity index (χ4n) is 5.14. The van der Waals surface area contributed by atoms with E-state index in [2.05, 4.69) is 34.6 Å². The van der Waals surface area contributed by atoms with Crippen LogP contribution in [0.1, 0.15) is 55.8 Å². The lowest BCUT2D eigenvalue weighted by Crippen LogP contribution is -2.54.